The molecular formula is C13H30N4. The minimum absolute atomic E-state index is 0.705. The topological polar surface area (TPSA) is 67.3 Å². The van der Waals surface area contributed by atoms with E-state index < -0.39 is 0 Å². The molecule has 17 heavy (non-hydrogen) atoms. The van der Waals surface area contributed by atoms with Crippen molar-refractivity contribution in [2.45, 2.75) is 26.2 Å². The second-order valence-corrected chi connectivity index (χ2v) is 4.22. The van der Waals surface area contributed by atoms with Crippen LogP contribution in [0, 0.1) is 0 Å². The molecule has 0 bridgehead atoms. The van der Waals surface area contributed by atoms with Gasteiger partial charge in [-0.3, -0.25) is 0 Å². The molecule has 0 amide bonds. The molecule has 0 aromatic carbocycles. The van der Waals surface area contributed by atoms with Crippen molar-refractivity contribution in [1.29, 1.82) is 0 Å². The van der Waals surface area contributed by atoms with Crippen LogP contribution in [0.15, 0.2) is 12.2 Å². The summed E-state index contributed by atoms with van der Waals surface area (Å²) in [4.78, 5) is 2.40. The second-order valence-electron chi connectivity index (χ2n) is 4.22. The zero-order valence-electron chi connectivity index (χ0n) is 11.3. The Morgan fingerprint density at radius 2 is 1.71 bits per heavy atom. The van der Waals surface area contributed by atoms with Gasteiger partial charge in [0.1, 0.15) is 0 Å². The first-order chi connectivity index (χ1) is 8.35. The lowest BCUT2D eigenvalue weighted by Crippen LogP contribution is -2.37. The number of nitrogens with one attached hydrogen (secondary N) is 1. The summed E-state index contributed by atoms with van der Waals surface area (Å²) in [5.41, 5.74) is 11.0. The molecular weight excluding hydrogens is 212 g/mol. The molecule has 0 aromatic rings. The van der Waals surface area contributed by atoms with Crippen LogP contribution in [-0.2, 0) is 0 Å². The standard InChI is InChI=1S/C13H30N4/c1-2-3-4-5-6-11-17(12-8-15)13-10-16-9-7-14/h4-5,16H,2-3,6-15H2,1H3/b5-4+. The van der Waals surface area contributed by atoms with Gasteiger partial charge < -0.3 is 21.7 Å². The third-order valence-electron chi connectivity index (χ3n) is 2.61. The maximum atomic E-state index is 5.61. The van der Waals surface area contributed by atoms with Gasteiger partial charge >= 0.3 is 0 Å². The molecule has 0 aliphatic rings. The first-order valence-corrected chi connectivity index (χ1v) is 6.83. The quantitative estimate of drug-likeness (QED) is 0.345. The summed E-state index contributed by atoms with van der Waals surface area (Å²) >= 11 is 0. The van der Waals surface area contributed by atoms with Crippen LogP contribution < -0.4 is 16.8 Å². The highest BCUT2D eigenvalue weighted by molar-refractivity contribution is 4.82. The van der Waals surface area contributed by atoms with Crippen LogP contribution in [0.3, 0.4) is 0 Å². The zero-order chi connectivity index (χ0) is 12.8. The lowest BCUT2D eigenvalue weighted by atomic mass is 10.2. The van der Waals surface area contributed by atoms with Gasteiger partial charge in [-0.05, 0) is 12.8 Å². The summed E-state index contributed by atoms with van der Waals surface area (Å²) in [6.45, 7) is 8.66. The van der Waals surface area contributed by atoms with E-state index in [9.17, 15) is 0 Å². The SMILES string of the molecule is CCC/C=C/CCN(CCN)CCNCCN. The fraction of sp³-hybridized carbons (Fsp3) is 0.846. The van der Waals surface area contributed by atoms with Gasteiger partial charge in [-0.2, -0.15) is 0 Å². The summed E-state index contributed by atoms with van der Waals surface area (Å²) in [5.74, 6) is 0. The van der Waals surface area contributed by atoms with Gasteiger partial charge in [-0.25, -0.2) is 0 Å². The Balaban J connectivity index is 3.58. The Morgan fingerprint density at radius 1 is 0.941 bits per heavy atom. The average Bonchev–Trinajstić information content (AvgIpc) is 2.34. The van der Waals surface area contributed by atoms with E-state index in [2.05, 4.69) is 29.3 Å². The lowest BCUT2D eigenvalue weighted by Gasteiger charge is -2.20. The number of unbranched alkanes of at least 4 members (excludes halogenated alkanes) is 1. The van der Waals surface area contributed by atoms with Crippen LogP contribution in [-0.4, -0.2) is 50.7 Å². The molecule has 5 N–H and O–H groups in total. The van der Waals surface area contributed by atoms with Crippen molar-refractivity contribution in [1.82, 2.24) is 10.2 Å². The van der Waals surface area contributed by atoms with Gasteiger partial charge in [0.2, 0.25) is 0 Å². The number of nitrogens with two attached hydrogens (primary N) is 2. The molecule has 0 unspecified atom stereocenters. The van der Waals surface area contributed by atoms with Crippen molar-refractivity contribution >= 4 is 0 Å². The van der Waals surface area contributed by atoms with Crippen LogP contribution in [0.25, 0.3) is 0 Å². The number of rotatable bonds is 12. The number of nitrogens with zero attached hydrogens (tertiary/aromatic N) is 1. The van der Waals surface area contributed by atoms with E-state index in [0.29, 0.717) is 6.54 Å². The van der Waals surface area contributed by atoms with Gasteiger partial charge in [-0.15, -0.1) is 0 Å². The predicted octanol–water partition coefficient (Wildman–Crippen LogP) is 0.542. The number of hydrogen-bond donors (Lipinski definition) is 3. The van der Waals surface area contributed by atoms with E-state index in [4.69, 9.17) is 11.5 Å². The van der Waals surface area contributed by atoms with E-state index in [1.807, 2.05) is 0 Å². The normalized spacial score (nSPS) is 11.8. The molecule has 0 saturated heterocycles. The van der Waals surface area contributed by atoms with E-state index in [0.717, 1.165) is 45.7 Å². The van der Waals surface area contributed by atoms with Crippen molar-refractivity contribution < 1.29 is 0 Å². The highest BCUT2D eigenvalue weighted by Crippen LogP contribution is 1.94. The van der Waals surface area contributed by atoms with Crippen LogP contribution in [0.5, 0.6) is 0 Å². The molecule has 0 radical (unpaired) electrons. The Labute approximate surface area is 106 Å². The van der Waals surface area contributed by atoms with Crippen molar-refractivity contribution in [3.63, 3.8) is 0 Å². The Morgan fingerprint density at radius 3 is 2.35 bits per heavy atom. The van der Waals surface area contributed by atoms with Crippen LogP contribution in [0.1, 0.15) is 26.2 Å². The van der Waals surface area contributed by atoms with Gasteiger partial charge in [0.15, 0.2) is 0 Å². The molecule has 4 nitrogen and oxygen atoms in total. The summed E-state index contributed by atoms with van der Waals surface area (Å²) < 4.78 is 0. The molecule has 0 aromatic heterocycles. The molecule has 0 atom stereocenters. The lowest BCUT2D eigenvalue weighted by molar-refractivity contribution is 0.286. The number of hydrogen-bond acceptors (Lipinski definition) is 4. The first kappa shape index (κ1) is 16.6. The molecule has 0 fully saturated rings. The molecule has 0 spiro atoms. The minimum Gasteiger partial charge on any atom is -0.329 e. The van der Waals surface area contributed by atoms with Gasteiger partial charge in [0.25, 0.3) is 0 Å². The van der Waals surface area contributed by atoms with Crippen LogP contribution >= 0.6 is 0 Å². The molecule has 4 heteroatoms. The van der Waals surface area contributed by atoms with Crippen LogP contribution in [0.2, 0.25) is 0 Å². The maximum absolute atomic E-state index is 5.61. The predicted molar refractivity (Wildman–Crippen MR) is 76.1 cm³/mol. The van der Waals surface area contributed by atoms with E-state index in [1.165, 1.54) is 12.8 Å². The van der Waals surface area contributed by atoms with Crippen molar-refractivity contribution in [2.24, 2.45) is 11.5 Å². The van der Waals surface area contributed by atoms with Gasteiger partial charge in [0.05, 0.1) is 0 Å². The molecule has 0 heterocycles. The molecule has 0 aliphatic heterocycles. The zero-order valence-corrected chi connectivity index (χ0v) is 11.3. The Kier molecular flexibility index (Phi) is 13.3. The maximum Gasteiger partial charge on any atom is 0.0107 e. The Hall–Kier alpha value is -0.420. The van der Waals surface area contributed by atoms with Crippen molar-refractivity contribution in [2.75, 3.05) is 45.8 Å². The third kappa shape index (κ3) is 11.8. The first-order valence-electron chi connectivity index (χ1n) is 6.83. The highest BCUT2D eigenvalue weighted by Gasteiger charge is 2.01. The van der Waals surface area contributed by atoms with E-state index in [-0.39, 0.29) is 0 Å². The van der Waals surface area contributed by atoms with Crippen molar-refractivity contribution in [3.8, 4) is 0 Å². The van der Waals surface area contributed by atoms with E-state index in [1.54, 1.807) is 0 Å². The molecule has 0 rings (SSSR count). The second kappa shape index (κ2) is 13.6. The fourth-order valence-electron chi connectivity index (χ4n) is 1.64. The third-order valence-corrected chi connectivity index (χ3v) is 2.61. The Bertz CT molecular complexity index is 171. The molecule has 102 valence electrons. The summed E-state index contributed by atoms with van der Waals surface area (Å²) in [5, 5.41) is 3.31. The number of allylic oxidation sites excluding steroid dienone is 1. The minimum atomic E-state index is 0.705. The smallest absolute Gasteiger partial charge is 0.0107 e. The fourth-order valence-corrected chi connectivity index (χ4v) is 1.64. The molecule has 0 saturated carbocycles. The van der Waals surface area contributed by atoms with E-state index >= 15 is 0 Å². The highest BCUT2D eigenvalue weighted by atomic mass is 15.1. The summed E-state index contributed by atoms with van der Waals surface area (Å²) in [7, 11) is 0. The van der Waals surface area contributed by atoms with Gasteiger partial charge in [0, 0.05) is 45.8 Å². The van der Waals surface area contributed by atoms with Crippen LogP contribution in [0.4, 0.5) is 0 Å². The van der Waals surface area contributed by atoms with Gasteiger partial charge in [-0.1, -0.05) is 25.5 Å². The summed E-state index contributed by atoms with van der Waals surface area (Å²) in [6, 6.07) is 0. The summed E-state index contributed by atoms with van der Waals surface area (Å²) in [6.07, 6.45) is 8.09. The largest absolute Gasteiger partial charge is 0.329 e. The van der Waals surface area contributed by atoms with Crippen molar-refractivity contribution in [3.05, 3.63) is 12.2 Å². The monoisotopic (exact) mass is 242 g/mol. The average molecular weight is 242 g/mol. The molecule has 0 aliphatic carbocycles.